The number of allylic oxidation sites excluding steroid dienone is 2. The van der Waals surface area contributed by atoms with E-state index in [9.17, 15) is 4.79 Å². The number of furan rings is 1. The minimum Gasteiger partial charge on any atom is -0.454 e. The van der Waals surface area contributed by atoms with Crippen LogP contribution in [0.15, 0.2) is 45.6 Å². The molecule has 2 aromatic heterocycles. The van der Waals surface area contributed by atoms with Crippen LogP contribution >= 0.6 is 15.9 Å². The number of aromatic nitrogens is 2. The van der Waals surface area contributed by atoms with Gasteiger partial charge in [0.2, 0.25) is 0 Å². The molecule has 2 aromatic rings. The number of carbonyl (C=O) groups is 1. The first kappa shape index (κ1) is 16.6. The smallest absolute Gasteiger partial charge is 0.289 e. The highest BCUT2D eigenvalue weighted by atomic mass is 79.9. The maximum Gasteiger partial charge on any atom is 0.289 e. The third-order valence-electron chi connectivity index (χ3n) is 5.30. The first-order chi connectivity index (χ1) is 12.1. The highest BCUT2D eigenvalue weighted by Crippen LogP contribution is 2.41. The van der Waals surface area contributed by atoms with E-state index < -0.39 is 0 Å². The summed E-state index contributed by atoms with van der Waals surface area (Å²) in [6.07, 6.45) is 13.9. The number of hydrogen-bond donors (Lipinski definition) is 0. The molecule has 1 saturated heterocycles. The van der Waals surface area contributed by atoms with Gasteiger partial charge < -0.3 is 9.32 Å². The molecule has 4 rings (SSSR count). The number of piperidine rings is 1. The van der Waals surface area contributed by atoms with Crippen molar-refractivity contribution >= 4 is 21.8 Å². The van der Waals surface area contributed by atoms with Crippen molar-refractivity contribution in [1.82, 2.24) is 14.7 Å². The van der Waals surface area contributed by atoms with E-state index in [-0.39, 0.29) is 11.3 Å². The van der Waals surface area contributed by atoms with Gasteiger partial charge >= 0.3 is 0 Å². The Bertz CT molecular complexity index is 794. The molecule has 5 nitrogen and oxygen atoms in total. The SMILES string of the molecule is O=C(c1ccc(Cn2cc(Br)cn2)o1)N1CCCC2(CC=CCC2)C1. The van der Waals surface area contributed by atoms with Gasteiger partial charge in [0.05, 0.1) is 17.2 Å². The van der Waals surface area contributed by atoms with Crippen molar-refractivity contribution in [3.63, 3.8) is 0 Å². The summed E-state index contributed by atoms with van der Waals surface area (Å²) in [7, 11) is 0. The molecular weight excluding hydrogens is 382 g/mol. The van der Waals surface area contributed by atoms with Gasteiger partial charge in [-0.2, -0.15) is 5.10 Å². The Morgan fingerprint density at radius 1 is 1.32 bits per heavy atom. The average molecular weight is 404 g/mol. The zero-order chi connectivity index (χ0) is 17.3. The second-order valence-electron chi connectivity index (χ2n) is 7.17. The molecule has 0 bridgehead atoms. The molecule has 1 aliphatic heterocycles. The Labute approximate surface area is 155 Å². The van der Waals surface area contributed by atoms with Crippen LogP contribution in [0.4, 0.5) is 0 Å². The summed E-state index contributed by atoms with van der Waals surface area (Å²) in [5.74, 6) is 1.19. The van der Waals surface area contributed by atoms with Gasteiger partial charge in [-0.25, -0.2) is 0 Å². The Balaban J connectivity index is 1.44. The van der Waals surface area contributed by atoms with Crippen molar-refractivity contribution < 1.29 is 9.21 Å². The summed E-state index contributed by atoms with van der Waals surface area (Å²) in [5, 5.41) is 4.22. The highest BCUT2D eigenvalue weighted by molar-refractivity contribution is 9.10. The quantitative estimate of drug-likeness (QED) is 0.719. The van der Waals surface area contributed by atoms with E-state index in [2.05, 4.69) is 33.2 Å². The Morgan fingerprint density at radius 3 is 3.00 bits per heavy atom. The summed E-state index contributed by atoms with van der Waals surface area (Å²) >= 11 is 3.38. The average Bonchev–Trinajstić information content (AvgIpc) is 3.24. The minimum atomic E-state index is 0.0153. The normalized spacial score (nSPS) is 23.3. The molecule has 1 amide bonds. The maximum atomic E-state index is 12.9. The van der Waals surface area contributed by atoms with E-state index in [1.165, 1.54) is 12.8 Å². The second kappa shape index (κ2) is 6.83. The number of likely N-dealkylation sites (tertiary alicyclic amines) is 1. The second-order valence-corrected chi connectivity index (χ2v) is 8.08. The van der Waals surface area contributed by atoms with Gasteiger partial charge in [-0.1, -0.05) is 12.2 Å². The van der Waals surface area contributed by atoms with Crippen LogP contribution in [-0.4, -0.2) is 33.7 Å². The molecule has 1 fully saturated rings. The lowest BCUT2D eigenvalue weighted by Crippen LogP contribution is -2.46. The topological polar surface area (TPSA) is 51.3 Å². The fourth-order valence-electron chi connectivity index (χ4n) is 4.01. The van der Waals surface area contributed by atoms with E-state index in [1.807, 2.05) is 17.2 Å². The van der Waals surface area contributed by atoms with Crippen LogP contribution in [0.2, 0.25) is 0 Å². The molecule has 0 N–H and O–H groups in total. The van der Waals surface area contributed by atoms with Gasteiger partial charge in [-0.15, -0.1) is 0 Å². The number of nitrogens with zero attached hydrogens (tertiary/aromatic N) is 3. The summed E-state index contributed by atoms with van der Waals surface area (Å²) in [4.78, 5) is 14.9. The van der Waals surface area contributed by atoms with Gasteiger partial charge in [0, 0.05) is 19.3 Å². The van der Waals surface area contributed by atoms with Crippen LogP contribution in [0.5, 0.6) is 0 Å². The lowest BCUT2D eigenvalue weighted by molar-refractivity contribution is 0.0455. The molecule has 2 aliphatic rings. The van der Waals surface area contributed by atoms with Crippen LogP contribution in [0, 0.1) is 5.41 Å². The number of hydrogen-bond acceptors (Lipinski definition) is 3. The maximum absolute atomic E-state index is 12.9. The zero-order valence-electron chi connectivity index (χ0n) is 14.2. The van der Waals surface area contributed by atoms with Crippen molar-refractivity contribution in [2.24, 2.45) is 5.41 Å². The first-order valence-electron chi connectivity index (χ1n) is 8.85. The predicted molar refractivity (Wildman–Crippen MR) is 98.3 cm³/mol. The van der Waals surface area contributed by atoms with Crippen LogP contribution < -0.4 is 0 Å². The fourth-order valence-corrected chi connectivity index (χ4v) is 4.34. The number of rotatable bonds is 3. The van der Waals surface area contributed by atoms with Gasteiger partial charge in [-0.3, -0.25) is 9.48 Å². The predicted octanol–water partition coefficient (Wildman–Crippen LogP) is 4.25. The summed E-state index contributed by atoms with van der Waals surface area (Å²) in [5.41, 5.74) is 0.277. The van der Waals surface area contributed by atoms with Crippen molar-refractivity contribution in [2.75, 3.05) is 13.1 Å². The molecule has 0 saturated carbocycles. The van der Waals surface area contributed by atoms with Crippen molar-refractivity contribution in [1.29, 1.82) is 0 Å². The van der Waals surface area contributed by atoms with Crippen LogP contribution in [-0.2, 0) is 6.54 Å². The summed E-state index contributed by atoms with van der Waals surface area (Å²) < 4.78 is 8.51. The summed E-state index contributed by atoms with van der Waals surface area (Å²) in [6, 6.07) is 3.66. The first-order valence-corrected chi connectivity index (χ1v) is 9.64. The monoisotopic (exact) mass is 403 g/mol. The lowest BCUT2D eigenvalue weighted by Gasteiger charge is -2.43. The molecule has 1 spiro atoms. The molecule has 25 heavy (non-hydrogen) atoms. The lowest BCUT2D eigenvalue weighted by atomic mass is 9.71. The van der Waals surface area contributed by atoms with E-state index in [0.717, 1.165) is 42.6 Å². The standard InChI is InChI=1S/C19H22BrN3O2/c20-15-11-21-23(12-15)13-16-5-6-17(25-16)18(24)22-10-4-9-19(14-22)7-2-1-3-8-19/h1-2,5-6,11-12H,3-4,7-10,13-14H2. The molecule has 6 heteroatoms. The van der Waals surface area contributed by atoms with Gasteiger partial charge in [0.1, 0.15) is 5.76 Å². The Morgan fingerprint density at radius 2 is 2.24 bits per heavy atom. The fraction of sp³-hybridized carbons (Fsp3) is 0.474. The number of halogens is 1. The van der Waals surface area contributed by atoms with Crippen molar-refractivity contribution in [3.05, 3.63) is 52.7 Å². The van der Waals surface area contributed by atoms with E-state index in [1.54, 1.807) is 16.9 Å². The molecule has 1 atom stereocenters. The van der Waals surface area contributed by atoms with Gasteiger partial charge in [-0.05, 0) is 65.6 Å². The zero-order valence-corrected chi connectivity index (χ0v) is 15.7. The number of amides is 1. The molecular formula is C19H22BrN3O2. The van der Waals surface area contributed by atoms with Gasteiger partial charge in [0.25, 0.3) is 5.91 Å². The van der Waals surface area contributed by atoms with E-state index in [0.29, 0.717) is 12.3 Å². The minimum absolute atomic E-state index is 0.0153. The molecule has 3 heterocycles. The Hall–Kier alpha value is -1.82. The summed E-state index contributed by atoms with van der Waals surface area (Å²) in [6.45, 7) is 2.19. The molecule has 1 aliphatic carbocycles. The molecule has 0 aromatic carbocycles. The van der Waals surface area contributed by atoms with Crippen molar-refractivity contribution in [3.8, 4) is 0 Å². The van der Waals surface area contributed by atoms with Crippen LogP contribution in [0.25, 0.3) is 0 Å². The van der Waals surface area contributed by atoms with E-state index in [4.69, 9.17) is 4.42 Å². The molecule has 0 radical (unpaired) electrons. The third kappa shape index (κ3) is 3.59. The van der Waals surface area contributed by atoms with Gasteiger partial charge in [0.15, 0.2) is 5.76 Å². The number of carbonyl (C=O) groups excluding carboxylic acids is 1. The van der Waals surface area contributed by atoms with Crippen molar-refractivity contribution in [2.45, 2.75) is 38.6 Å². The third-order valence-corrected chi connectivity index (χ3v) is 5.71. The largest absolute Gasteiger partial charge is 0.454 e. The molecule has 1 unspecified atom stereocenters. The van der Waals surface area contributed by atoms with E-state index >= 15 is 0 Å². The Kier molecular flexibility index (Phi) is 4.54. The highest BCUT2D eigenvalue weighted by Gasteiger charge is 2.37. The van der Waals surface area contributed by atoms with Crippen LogP contribution in [0.3, 0.4) is 0 Å². The molecule has 132 valence electrons. The van der Waals surface area contributed by atoms with Crippen LogP contribution in [0.1, 0.15) is 48.4 Å².